The molecule has 6 nitrogen and oxygen atoms in total. The van der Waals surface area contributed by atoms with E-state index >= 15 is 0 Å². The van der Waals surface area contributed by atoms with E-state index in [2.05, 4.69) is 15.3 Å². The maximum atomic E-state index is 12.1. The molecule has 0 spiro atoms. The fraction of sp³-hybridized carbons (Fsp3) is 0.647. The molecule has 1 heterocycles. The van der Waals surface area contributed by atoms with Gasteiger partial charge in [-0.05, 0) is 38.7 Å². The third-order valence-electron chi connectivity index (χ3n) is 4.32. The normalized spacial score (nSPS) is 15.2. The van der Waals surface area contributed by atoms with Crippen LogP contribution in [0.25, 0.3) is 0 Å². The van der Waals surface area contributed by atoms with Crippen molar-refractivity contribution in [1.29, 1.82) is 0 Å². The molecule has 132 valence electrons. The zero-order valence-corrected chi connectivity index (χ0v) is 15.2. The average molecular weight is 350 g/mol. The maximum Gasteiger partial charge on any atom is 0.227 e. The Morgan fingerprint density at radius 1 is 1.17 bits per heavy atom. The minimum absolute atomic E-state index is 0.105. The Morgan fingerprint density at radius 3 is 2.38 bits per heavy atom. The molecule has 24 heavy (non-hydrogen) atoms. The number of primary amides is 1. The summed E-state index contributed by atoms with van der Waals surface area (Å²) in [7, 11) is 0. The van der Waals surface area contributed by atoms with Crippen molar-refractivity contribution in [2.75, 3.05) is 5.75 Å². The van der Waals surface area contributed by atoms with E-state index in [-0.39, 0.29) is 17.6 Å². The summed E-state index contributed by atoms with van der Waals surface area (Å²) in [6, 6.07) is 0.345. The number of carbonyl (C=O) groups is 2. The van der Waals surface area contributed by atoms with E-state index in [1.807, 2.05) is 13.8 Å². The molecular formula is C17H26N4O2S. The van der Waals surface area contributed by atoms with Gasteiger partial charge < -0.3 is 11.1 Å². The molecule has 1 aromatic heterocycles. The van der Waals surface area contributed by atoms with Crippen LogP contribution in [0.15, 0.2) is 5.16 Å². The van der Waals surface area contributed by atoms with Crippen molar-refractivity contribution >= 4 is 23.6 Å². The summed E-state index contributed by atoms with van der Waals surface area (Å²) >= 11 is 1.24. The number of nitrogens with one attached hydrogen (secondary N) is 1. The van der Waals surface area contributed by atoms with Gasteiger partial charge in [-0.15, -0.1) is 0 Å². The van der Waals surface area contributed by atoms with Crippen LogP contribution in [-0.4, -0.2) is 33.6 Å². The van der Waals surface area contributed by atoms with Gasteiger partial charge in [-0.25, -0.2) is 9.97 Å². The predicted octanol–water partition coefficient (Wildman–Crippen LogP) is 2.05. The van der Waals surface area contributed by atoms with Crippen LogP contribution in [0.2, 0.25) is 0 Å². The second-order valence-corrected chi connectivity index (χ2v) is 7.26. The molecule has 1 aliphatic rings. The Kier molecular flexibility index (Phi) is 7.02. The second-order valence-electron chi connectivity index (χ2n) is 6.31. The van der Waals surface area contributed by atoms with Gasteiger partial charge >= 0.3 is 0 Å². The first-order valence-corrected chi connectivity index (χ1v) is 9.49. The van der Waals surface area contributed by atoms with E-state index in [1.54, 1.807) is 0 Å². The highest BCUT2D eigenvalue weighted by molar-refractivity contribution is 7.99. The molecule has 0 aromatic carbocycles. The third kappa shape index (κ3) is 5.78. The third-order valence-corrected chi connectivity index (χ3v) is 5.19. The molecule has 3 N–H and O–H groups in total. The predicted molar refractivity (Wildman–Crippen MR) is 94.8 cm³/mol. The Morgan fingerprint density at radius 2 is 1.79 bits per heavy atom. The van der Waals surface area contributed by atoms with Gasteiger partial charge in [0, 0.05) is 23.9 Å². The number of hydrogen-bond donors (Lipinski definition) is 2. The molecule has 1 aromatic rings. The zero-order chi connectivity index (χ0) is 17.5. The summed E-state index contributed by atoms with van der Waals surface area (Å²) in [4.78, 5) is 31.8. The largest absolute Gasteiger partial charge is 0.369 e. The Labute approximate surface area is 147 Å². The molecule has 1 saturated carbocycles. The van der Waals surface area contributed by atoms with Crippen molar-refractivity contribution in [2.45, 2.75) is 70.0 Å². The number of nitrogens with two attached hydrogens (primary N) is 1. The van der Waals surface area contributed by atoms with Crippen molar-refractivity contribution in [2.24, 2.45) is 5.73 Å². The van der Waals surface area contributed by atoms with Gasteiger partial charge in [-0.1, -0.05) is 31.0 Å². The topological polar surface area (TPSA) is 98.0 Å². The Hall–Kier alpha value is -1.63. The average Bonchev–Trinajstić information content (AvgIpc) is 2.53. The molecule has 0 unspecified atom stereocenters. The van der Waals surface area contributed by atoms with E-state index in [0.29, 0.717) is 24.0 Å². The van der Waals surface area contributed by atoms with E-state index in [1.165, 1.54) is 31.0 Å². The highest BCUT2D eigenvalue weighted by atomic mass is 32.2. The lowest BCUT2D eigenvalue weighted by atomic mass is 9.95. The van der Waals surface area contributed by atoms with Crippen LogP contribution in [-0.2, 0) is 16.0 Å². The first-order valence-electron chi connectivity index (χ1n) is 8.50. The number of nitrogens with zero attached hydrogens (tertiary/aromatic N) is 2. The molecule has 2 rings (SSSR count). The monoisotopic (exact) mass is 350 g/mol. The molecule has 0 radical (unpaired) electrons. The van der Waals surface area contributed by atoms with Crippen LogP contribution >= 0.6 is 11.8 Å². The summed E-state index contributed by atoms with van der Waals surface area (Å²) in [5, 5.41) is 3.69. The first kappa shape index (κ1) is 18.7. The lowest BCUT2D eigenvalue weighted by molar-refractivity contribution is -0.122. The van der Waals surface area contributed by atoms with Gasteiger partial charge in [0.25, 0.3) is 0 Å². The zero-order valence-electron chi connectivity index (χ0n) is 14.4. The molecule has 7 heteroatoms. The first-order chi connectivity index (χ1) is 11.5. The highest BCUT2D eigenvalue weighted by Gasteiger charge is 2.16. The van der Waals surface area contributed by atoms with Crippen molar-refractivity contribution in [3.05, 3.63) is 17.0 Å². The number of hydrogen-bond acceptors (Lipinski definition) is 5. The fourth-order valence-electron chi connectivity index (χ4n) is 3.06. The van der Waals surface area contributed by atoms with Gasteiger partial charge in [0.2, 0.25) is 11.8 Å². The Balaban J connectivity index is 1.89. The van der Waals surface area contributed by atoms with E-state index in [4.69, 9.17) is 5.73 Å². The van der Waals surface area contributed by atoms with Crippen molar-refractivity contribution in [3.63, 3.8) is 0 Å². The number of thioether (sulfide) groups is 1. The van der Waals surface area contributed by atoms with Crippen LogP contribution in [0.1, 0.15) is 55.5 Å². The molecular weight excluding hydrogens is 324 g/mol. The summed E-state index contributed by atoms with van der Waals surface area (Å²) in [5.74, 6) is -0.114. The standard InChI is InChI=1S/C17H26N4O2S/c1-11-14(12(2)20-17(19-11)24-10-15(18)22)8-9-16(23)21-13-6-4-3-5-7-13/h13H,3-10H2,1-2H3,(H2,18,22)(H,21,23). The highest BCUT2D eigenvalue weighted by Crippen LogP contribution is 2.20. The molecule has 0 saturated heterocycles. The van der Waals surface area contributed by atoms with Crippen LogP contribution in [0.3, 0.4) is 0 Å². The summed E-state index contributed by atoms with van der Waals surface area (Å²) in [5.41, 5.74) is 7.88. The minimum atomic E-state index is -0.387. The summed E-state index contributed by atoms with van der Waals surface area (Å²) < 4.78 is 0. The Bertz CT molecular complexity index is 577. The van der Waals surface area contributed by atoms with Gasteiger partial charge in [-0.2, -0.15) is 0 Å². The molecule has 1 fully saturated rings. The number of aryl methyl sites for hydroxylation is 2. The van der Waals surface area contributed by atoms with E-state index in [9.17, 15) is 9.59 Å². The van der Waals surface area contributed by atoms with Crippen molar-refractivity contribution in [1.82, 2.24) is 15.3 Å². The van der Waals surface area contributed by atoms with Gasteiger partial charge in [-0.3, -0.25) is 9.59 Å². The smallest absolute Gasteiger partial charge is 0.227 e. The molecule has 0 bridgehead atoms. The maximum absolute atomic E-state index is 12.1. The number of amides is 2. The molecule has 0 atom stereocenters. The SMILES string of the molecule is Cc1nc(SCC(N)=O)nc(C)c1CCC(=O)NC1CCCCC1. The molecule has 2 amide bonds. The van der Waals surface area contributed by atoms with Crippen LogP contribution < -0.4 is 11.1 Å². The van der Waals surface area contributed by atoms with Crippen LogP contribution in [0.5, 0.6) is 0 Å². The van der Waals surface area contributed by atoms with Crippen LogP contribution in [0, 0.1) is 13.8 Å². The fourth-order valence-corrected chi connectivity index (χ4v) is 3.73. The van der Waals surface area contributed by atoms with Crippen LogP contribution in [0.4, 0.5) is 0 Å². The van der Waals surface area contributed by atoms with Gasteiger partial charge in [0.1, 0.15) is 0 Å². The lowest BCUT2D eigenvalue weighted by Gasteiger charge is -2.22. The summed E-state index contributed by atoms with van der Waals surface area (Å²) in [6.45, 7) is 3.83. The molecule has 1 aliphatic carbocycles. The minimum Gasteiger partial charge on any atom is -0.369 e. The number of carbonyl (C=O) groups excluding carboxylic acids is 2. The quantitative estimate of drug-likeness (QED) is 0.579. The lowest BCUT2D eigenvalue weighted by Crippen LogP contribution is -2.36. The number of aromatic nitrogens is 2. The second kappa shape index (κ2) is 9.01. The van der Waals surface area contributed by atoms with Gasteiger partial charge in [0.05, 0.1) is 5.75 Å². The van der Waals surface area contributed by atoms with Gasteiger partial charge in [0.15, 0.2) is 5.16 Å². The number of rotatable bonds is 7. The van der Waals surface area contributed by atoms with Crippen molar-refractivity contribution < 1.29 is 9.59 Å². The van der Waals surface area contributed by atoms with Crippen molar-refractivity contribution in [3.8, 4) is 0 Å². The molecule has 0 aliphatic heterocycles. The van der Waals surface area contributed by atoms with E-state index in [0.717, 1.165) is 29.8 Å². The van der Waals surface area contributed by atoms with E-state index < -0.39 is 0 Å². The summed E-state index contributed by atoms with van der Waals surface area (Å²) in [6.07, 6.45) is 6.98.